The quantitative estimate of drug-likeness (QED) is 0.838. The summed E-state index contributed by atoms with van der Waals surface area (Å²) in [5.74, 6) is 2.65. The van der Waals surface area contributed by atoms with E-state index in [1.54, 1.807) is 14.2 Å². The van der Waals surface area contributed by atoms with E-state index in [0.717, 1.165) is 55.7 Å². The van der Waals surface area contributed by atoms with Gasteiger partial charge in [0, 0.05) is 44.4 Å². The SMILES string of the molecule is COc1ccc(CN2CCN(c3ccc(C)nn3)CC2)c(OC)c1. The zero-order chi connectivity index (χ0) is 16.9. The third-order valence-electron chi connectivity index (χ3n) is 4.37. The highest BCUT2D eigenvalue weighted by atomic mass is 16.5. The van der Waals surface area contributed by atoms with Crippen LogP contribution in [0.5, 0.6) is 11.5 Å². The maximum Gasteiger partial charge on any atom is 0.151 e. The molecule has 0 bridgehead atoms. The van der Waals surface area contributed by atoms with Crippen LogP contribution >= 0.6 is 0 Å². The molecule has 0 N–H and O–H groups in total. The number of ether oxygens (including phenoxy) is 2. The predicted octanol–water partition coefficient (Wildman–Crippen LogP) is 2.12. The van der Waals surface area contributed by atoms with Gasteiger partial charge in [-0.2, -0.15) is 5.10 Å². The number of hydrogen-bond donors (Lipinski definition) is 0. The van der Waals surface area contributed by atoms with Crippen LogP contribution < -0.4 is 14.4 Å². The van der Waals surface area contributed by atoms with E-state index in [4.69, 9.17) is 9.47 Å². The lowest BCUT2D eigenvalue weighted by molar-refractivity contribution is 0.245. The van der Waals surface area contributed by atoms with Gasteiger partial charge >= 0.3 is 0 Å². The fraction of sp³-hybridized carbons (Fsp3) is 0.444. The molecule has 0 spiro atoms. The second-order valence-electron chi connectivity index (χ2n) is 5.97. The highest BCUT2D eigenvalue weighted by Gasteiger charge is 2.19. The third kappa shape index (κ3) is 3.76. The molecule has 0 unspecified atom stereocenters. The maximum atomic E-state index is 5.50. The third-order valence-corrected chi connectivity index (χ3v) is 4.37. The largest absolute Gasteiger partial charge is 0.497 e. The Morgan fingerprint density at radius 2 is 1.75 bits per heavy atom. The highest BCUT2D eigenvalue weighted by Crippen LogP contribution is 2.26. The molecule has 0 saturated carbocycles. The minimum atomic E-state index is 0.818. The van der Waals surface area contributed by atoms with Gasteiger partial charge in [-0.3, -0.25) is 4.90 Å². The summed E-state index contributed by atoms with van der Waals surface area (Å²) in [7, 11) is 3.37. The van der Waals surface area contributed by atoms with Gasteiger partial charge in [0.2, 0.25) is 0 Å². The molecule has 0 atom stereocenters. The summed E-state index contributed by atoms with van der Waals surface area (Å²) in [6, 6.07) is 10.1. The minimum Gasteiger partial charge on any atom is -0.497 e. The van der Waals surface area contributed by atoms with E-state index in [9.17, 15) is 0 Å². The standard InChI is InChI=1S/C18H24N4O2/c1-14-4-7-18(20-19-14)22-10-8-21(9-11-22)13-15-5-6-16(23-2)12-17(15)24-3/h4-7,12H,8-11,13H2,1-3H3. The van der Waals surface area contributed by atoms with Gasteiger partial charge in [0.05, 0.1) is 19.9 Å². The molecule has 3 rings (SSSR count). The molecular weight excluding hydrogens is 304 g/mol. The molecule has 0 radical (unpaired) electrons. The van der Waals surface area contributed by atoms with Crippen molar-refractivity contribution in [2.45, 2.75) is 13.5 Å². The molecule has 1 aromatic carbocycles. The fourth-order valence-electron chi connectivity index (χ4n) is 2.92. The van der Waals surface area contributed by atoms with Crippen LogP contribution in [0.2, 0.25) is 0 Å². The molecule has 6 nitrogen and oxygen atoms in total. The fourth-order valence-corrected chi connectivity index (χ4v) is 2.92. The molecule has 2 aromatic rings. The first-order valence-electron chi connectivity index (χ1n) is 8.18. The Balaban J connectivity index is 1.60. The highest BCUT2D eigenvalue weighted by molar-refractivity contribution is 5.41. The van der Waals surface area contributed by atoms with Gasteiger partial charge in [0.1, 0.15) is 11.5 Å². The van der Waals surface area contributed by atoms with Crippen molar-refractivity contribution in [3.8, 4) is 11.5 Å². The number of aryl methyl sites for hydroxylation is 1. The van der Waals surface area contributed by atoms with Crippen molar-refractivity contribution in [3.63, 3.8) is 0 Å². The molecule has 24 heavy (non-hydrogen) atoms. The number of anilines is 1. The van der Waals surface area contributed by atoms with Crippen LogP contribution in [0.4, 0.5) is 5.82 Å². The molecule has 6 heteroatoms. The van der Waals surface area contributed by atoms with Crippen LogP contribution in [0.1, 0.15) is 11.3 Å². The Kier molecular flexibility index (Phi) is 5.15. The van der Waals surface area contributed by atoms with E-state index in [2.05, 4.69) is 26.1 Å². The zero-order valence-electron chi connectivity index (χ0n) is 14.5. The van der Waals surface area contributed by atoms with E-state index < -0.39 is 0 Å². The van der Waals surface area contributed by atoms with E-state index >= 15 is 0 Å². The van der Waals surface area contributed by atoms with Crippen molar-refractivity contribution in [2.24, 2.45) is 0 Å². The van der Waals surface area contributed by atoms with Crippen molar-refractivity contribution in [1.82, 2.24) is 15.1 Å². The Morgan fingerprint density at radius 3 is 2.38 bits per heavy atom. The number of rotatable bonds is 5. The number of nitrogens with zero attached hydrogens (tertiary/aromatic N) is 4. The summed E-state index contributed by atoms with van der Waals surface area (Å²) in [5.41, 5.74) is 2.13. The lowest BCUT2D eigenvalue weighted by Gasteiger charge is -2.35. The molecule has 1 aromatic heterocycles. The van der Waals surface area contributed by atoms with E-state index in [-0.39, 0.29) is 0 Å². The van der Waals surface area contributed by atoms with Gasteiger partial charge in [0.15, 0.2) is 5.82 Å². The summed E-state index contributed by atoms with van der Waals surface area (Å²) in [5, 5.41) is 8.43. The average molecular weight is 328 g/mol. The first-order chi connectivity index (χ1) is 11.7. The molecule has 1 saturated heterocycles. The Bertz CT molecular complexity index is 667. The van der Waals surface area contributed by atoms with Gasteiger partial charge < -0.3 is 14.4 Å². The summed E-state index contributed by atoms with van der Waals surface area (Å²) in [4.78, 5) is 4.72. The normalized spacial score (nSPS) is 15.4. The van der Waals surface area contributed by atoms with Crippen LogP contribution in [0.25, 0.3) is 0 Å². The smallest absolute Gasteiger partial charge is 0.151 e. The predicted molar refractivity (Wildman–Crippen MR) is 93.8 cm³/mol. The summed E-state index contributed by atoms with van der Waals surface area (Å²) in [6.45, 7) is 6.72. The number of hydrogen-bond acceptors (Lipinski definition) is 6. The first-order valence-corrected chi connectivity index (χ1v) is 8.18. The Hall–Kier alpha value is -2.34. The van der Waals surface area contributed by atoms with Gasteiger partial charge in [-0.1, -0.05) is 6.07 Å². The lowest BCUT2D eigenvalue weighted by Crippen LogP contribution is -2.46. The summed E-state index contributed by atoms with van der Waals surface area (Å²) in [6.07, 6.45) is 0. The molecule has 1 aliphatic rings. The summed E-state index contributed by atoms with van der Waals surface area (Å²) >= 11 is 0. The van der Waals surface area contributed by atoms with Crippen molar-refractivity contribution in [1.29, 1.82) is 0 Å². The molecule has 1 aliphatic heterocycles. The maximum absolute atomic E-state index is 5.50. The number of benzene rings is 1. The van der Waals surface area contributed by atoms with E-state index in [0.29, 0.717) is 0 Å². The van der Waals surface area contributed by atoms with Gasteiger partial charge in [-0.25, -0.2) is 0 Å². The van der Waals surface area contributed by atoms with Crippen LogP contribution in [0.15, 0.2) is 30.3 Å². The van der Waals surface area contributed by atoms with E-state index in [1.807, 2.05) is 31.2 Å². The monoisotopic (exact) mass is 328 g/mol. The van der Waals surface area contributed by atoms with Crippen LogP contribution in [-0.2, 0) is 6.54 Å². The lowest BCUT2D eigenvalue weighted by atomic mass is 10.1. The van der Waals surface area contributed by atoms with Crippen molar-refractivity contribution in [2.75, 3.05) is 45.3 Å². The van der Waals surface area contributed by atoms with Crippen LogP contribution in [-0.4, -0.2) is 55.5 Å². The van der Waals surface area contributed by atoms with Crippen molar-refractivity contribution in [3.05, 3.63) is 41.6 Å². The number of piperazine rings is 1. The Labute approximate surface area is 143 Å². The molecule has 128 valence electrons. The number of aromatic nitrogens is 2. The van der Waals surface area contributed by atoms with E-state index in [1.165, 1.54) is 5.56 Å². The summed E-state index contributed by atoms with van der Waals surface area (Å²) < 4.78 is 10.8. The molecule has 2 heterocycles. The van der Waals surface area contributed by atoms with Gasteiger partial charge in [0.25, 0.3) is 0 Å². The topological polar surface area (TPSA) is 50.7 Å². The Morgan fingerprint density at radius 1 is 0.958 bits per heavy atom. The molecule has 0 aliphatic carbocycles. The average Bonchev–Trinajstić information content (AvgIpc) is 2.63. The van der Waals surface area contributed by atoms with Crippen molar-refractivity contribution >= 4 is 5.82 Å². The zero-order valence-corrected chi connectivity index (χ0v) is 14.5. The minimum absolute atomic E-state index is 0.818. The first kappa shape index (κ1) is 16.5. The molecule has 0 amide bonds. The van der Waals surface area contributed by atoms with Crippen molar-refractivity contribution < 1.29 is 9.47 Å². The van der Waals surface area contributed by atoms with Gasteiger partial charge in [-0.15, -0.1) is 5.10 Å². The molecular formula is C18H24N4O2. The molecule has 1 fully saturated rings. The second kappa shape index (κ2) is 7.49. The second-order valence-corrected chi connectivity index (χ2v) is 5.97. The van der Waals surface area contributed by atoms with Gasteiger partial charge in [-0.05, 0) is 25.1 Å². The van der Waals surface area contributed by atoms with Crippen LogP contribution in [0, 0.1) is 6.92 Å². The number of methoxy groups -OCH3 is 2. The van der Waals surface area contributed by atoms with Crippen LogP contribution in [0.3, 0.4) is 0 Å².